The molecule has 0 aromatic carbocycles. The zero-order valence-electron chi connectivity index (χ0n) is 21.3. The van der Waals surface area contributed by atoms with Crippen LogP contribution in [0.5, 0.6) is 0 Å². The van der Waals surface area contributed by atoms with Crippen LogP contribution in [0.1, 0.15) is 36.2 Å². The number of piperazine rings is 1. The lowest BCUT2D eigenvalue weighted by Gasteiger charge is -2.36. The number of carbonyl (C=O) groups excluding carboxylic acids is 1. The second kappa shape index (κ2) is 11.0. The Morgan fingerprint density at radius 2 is 1.82 bits per heavy atom. The Balaban J connectivity index is 1.19. The van der Waals surface area contributed by atoms with Gasteiger partial charge in [0.25, 0.3) is 6.43 Å². The van der Waals surface area contributed by atoms with E-state index in [1.165, 1.54) is 23.0 Å². The molecule has 39 heavy (non-hydrogen) atoms. The summed E-state index contributed by atoms with van der Waals surface area (Å²) in [4.78, 5) is 25.2. The Labute approximate surface area is 222 Å². The van der Waals surface area contributed by atoms with Gasteiger partial charge >= 0.3 is 6.03 Å². The van der Waals surface area contributed by atoms with Crippen LogP contribution in [0, 0.1) is 12.7 Å². The molecule has 3 N–H and O–H groups in total. The predicted molar refractivity (Wildman–Crippen MR) is 138 cm³/mol. The van der Waals surface area contributed by atoms with E-state index in [2.05, 4.69) is 35.9 Å². The van der Waals surface area contributed by atoms with E-state index in [1.807, 2.05) is 18.7 Å². The highest BCUT2D eigenvalue weighted by molar-refractivity contribution is 5.75. The van der Waals surface area contributed by atoms with Crippen LogP contribution in [-0.2, 0) is 0 Å². The van der Waals surface area contributed by atoms with Crippen molar-refractivity contribution in [3.8, 4) is 5.82 Å². The first-order chi connectivity index (χ1) is 18.7. The van der Waals surface area contributed by atoms with Crippen LogP contribution in [0.3, 0.4) is 0 Å². The second-order valence-electron chi connectivity index (χ2n) is 9.20. The molecule has 0 saturated carbocycles. The Bertz CT molecular complexity index is 1430. The van der Waals surface area contributed by atoms with Crippen molar-refractivity contribution in [2.75, 3.05) is 36.4 Å². The first kappa shape index (κ1) is 26.0. The zero-order chi connectivity index (χ0) is 27.5. The van der Waals surface area contributed by atoms with E-state index >= 15 is 0 Å². The topological polar surface area (TPSA) is 120 Å². The summed E-state index contributed by atoms with van der Waals surface area (Å²) in [6.07, 6.45) is 1.27. The number of anilines is 3. The molecule has 4 aromatic heterocycles. The maximum absolute atomic E-state index is 13.6. The molecule has 5 rings (SSSR count). The summed E-state index contributed by atoms with van der Waals surface area (Å²) in [5, 5.41) is 16.7. The van der Waals surface area contributed by atoms with Crippen molar-refractivity contribution in [1.82, 2.24) is 40.2 Å². The molecular formula is C25H27F3N10O. The number of rotatable bonds is 7. The molecule has 5 heterocycles. The highest BCUT2D eigenvalue weighted by atomic mass is 19.3. The Hall–Kier alpha value is -4.62. The molecule has 2 amide bonds. The van der Waals surface area contributed by atoms with Gasteiger partial charge < -0.3 is 20.4 Å². The number of aromatic nitrogens is 6. The number of aryl methyl sites for hydroxylation is 1. The third kappa shape index (κ3) is 6.10. The van der Waals surface area contributed by atoms with Gasteiger partial charge in [-0.05, 0) is 37.6 Å². The van der Waals surface area contributed by atoms with Crippen molar-refractivity contribution < 1.29 is 18.0 Å². The highest BCUT2D eigenvalue weighted by Gasteiger charge is 2.24. The van der Waals surface area contributed by atoms with E-state index in [-0.39, 0.29) is 23.5 Å². The van der Waals surface area contributed by atoms with Crippen molar-refractivity contribution in [3.05, 3.63) is 71.6 Å². The van der Waals surface area contributed by atoms with Crippen LogP contribution in [0.4, 0.5) is 35.4 Å². The number of H-pyrrole nitrogens is 1. The fourth-order valence-corrected chi connectivity index (χ4v) is 4.22. The molecule has 1 atom stereocenters. The standard InChI is InChI=1S/C25H27F3N10O/c1-15-9-21(35-34-15)32-20-10-18(24(27)28)11-23(33-20)36-5-7-37(8-6-36)25(39)31-16(2)17-3-4-22(29-12-17)38-14-19(26)13-30-38/h3-4,9-14,16,24H,5-8H2,1-2H3,(H,31,39)(H2,32,33,34,35)/t16-/m0/s1. The van der Waals surface area contributed by atoms with Gasteiger partial charge in [0.15, 0.2) is 17.5 Å². The van der Waals surface area contributed by atoms with Crippen LogP contribution in [0.15, 0.2) is 48.9 Å². The van der Waals surface area contributed by atoms with Gasteiger partial charge in [-0.1, -0.05) is 6.07 Å². The summed E-state index contributed by atoms with van der Waals surface area (Å²) in [5.41, 5.74) is 1.45. The lowest BCUT2D eigenvalue weighted by Crippen LogP contribution is -2.52. The molecule has 0 bridgehead atoms. The van der Waals surface area contributed by atoms with Gasteiger partial charge in [0.2, 0.25) is 0 Å². The van der Waals surface area contributed by atoms with E-state index in [0.717, 1.165) is 17.5 Å². The Kier molecular flexibility index (Phi) is 7.34. The van der Waals surface area contributed by atoms with Crippen LogP contribution in [0.2, 0.25) is 0 Å². The molecule has 0 unspecified atom stereocenters. The molecule has 14 heteroatoms. The van der Waals surface area contributed by atoms with Gasteiger partial charge in [0.1, 0.15) is 11.6 Å². The smallest absolute Gasteiger partial charge is 0.317 e. The van der Waals surface area contributed by atoms with E-state index < -0.39 is 12.2 Å². The fraction of sp³-hybridized carbons (Fsp3) is 0.320. The minimum atomic E-state index is -2.66. The molecule has 0 radical (unpaired) electrons. The second-order valence-corrected chi connectivity index (χ2v) is 9.20. The molecule has 4 aromatic rings. The molecule has 1 saturated heterocycles. The van der Waals surface area contributed by atoms with Crippen molar-refractivity contribution in [2.24, 2.45) is 0 Å². The molecule has 1 aliphatic rings. The van der Waals surface area contributed by atoms with Gasteiger partial charge in [-0.25, -0.2) is 32.6 Å². The number of aromatic amines is 1. The molecule has 1 fully saturated rings. The maximum atomic E-state index is 13.6. The van der Waals surface area contributed by atoms with Gasteiger partial charge in [-0.3, -0.25) is 5.10 Å². The fourth-order valence-electron chi connectivity index (χ4n) is 4.22. The number of amides is 2. The number of hydrogen-bond donors (Lipinski definition) is 3. The minimum absolute atomic E-state index is 0.152. The average Bonchev–Trinajstić information content (AvgIpc) is 3.56. The average molecular weight is 541 g/mol. The van der Waals surface area contributed by atoms with E-state index in [4.69, 9.17) is 0 Å². The normalized spacial score (nSPS) is 14.5. The number of urea groups is 1. The Morgan fingerprint density at radius 3 is 2.44 bits per heavy atom. The van der Waals surface area contributed by atoms with Crippen LogP contribution in [-0.4, -0.2) is 67.1 Å². The minimum Gasteiger partial charge on any atom is -0.353 e. The SMILES string of the molecule is Cc1cc(Nc2cc(C(F)F)cc(N3CCN(C(=O)N[C@@H](C)c4ccc(-n5cc(F)cn5)nc4)CC3)n2)n[nH]1. The van der Waals surface area contributed by atoms with E-state index in [1.54, 1.807) is 29.3 Å². The van der Waals surface area contributed by atoms with Gasteiger partial charge in [-0.2, -0.15) is 10.2 Å². The summed E-state index contributed by atoms with van der Waals surface area (Å²) >= 11 is 0. The third-order valence-corrected chi connectivity index (χ3v) is 6.34. The molecule has 0 spiro atoms. The number of hydrogen-bond acceptors (Lipinski definition) is 7. The summed E-state index contributed by atoms with van der Waals surface area (Å²) in [6, 6.07) is 7.35. The quantitative estimate of drug-likeness (QED) is 0.323. The lowest BCUT2D eigenvalue weighted by molar-refractivity contribution is 0.151. The summed E-state index contributed by atoms with van der Waals surface area (Å²) in [6.45, 7) is 5.32. The number of nitrogens with one attached hydrogen (secondary N) is 3. The monoisotopic (exact) mass is 540 g/mol. The number of alkyl halides is 2. The van der Waals surface area contributed by atoms with Crippen molar-refractivity contribution in [2.45, 2.75) is 26.3 Å². The summed E-state index contributed by atoms with van der Waals surface area (Å²) < 4.78 is 41.7. The number of pyridine rings is 2. The summed E-state index contributed by atoms with van der Waals surface area (Å²) in [7, 11) is 0. The van der Waals surface area contributed by atoms with Gasteiger partial charge in [0.05, 0.1) is 18.4 Å². The molecule has 0 aliphatic carbocycles. The first-order valence-corrected chi connectivity index (χ1v) is 12.3. The highest BCUT2D eigenvalue weighted by Crippen LogP contribution is 2.28. The van der Waals surface area contributed by atoms with E-state index in [0.29, 0.717) is 43.6 Å². The first-order valence-electron chi connectivity index (χ1n) is 12.3. The van der Waals surface area contributed by atoms with Crippen LogP contribution < -0.4 is 15.5 Å². The molecule has 204 valence electrons. The van der Waals surface area contributed by atoms with Crippen LogP contribution >= 0.6 is 0 Å². The number of halogens is 3. The lowest BCUT2D eigenvalue weighted by atomic mass is 10.1. The van der Waals surface area contributed by atoms with Crippen LogP contribution in [0.25, 0.3) is 5.82 Å². The largest absolute Gasteiger partial charge is 0.353 e. The molecule has 11 nitrogen and oxygen atoms in total. The summed E-state index contributed by atoms with van der Waals surface area (Å²) in [5.74, 6) is 1.15. The molecular weight excluding hydrogens is 513 g/mol. The Morgan fingerprint density at radius 1 is 1.03 bits per heavy atom. The predicted octanol–water partition coefficient (Wildman–Crippen LogP) is 4.11. The van der Waals surface area contributed by atoms with Gasteiger partial charge in [-0.15, -0.1) is 0 Å². The zero-order valence-corrected chi connectivity index (χ0v) is 21.3. The maximum Gasteiger partial charge on any atom is 0.317 e. The number of carbonyl (C=O) groups is 1. The molecule has 1 aliphatic heterocycles. The van der Waals surface area contributed by atoms with Gasteiger partial charge in [0, 0.05) is 49.7 Å². The third-order valence-electron chi connectivity index (χ3n) is 6.34. The van der Waals surface area contributed by atoms with E-state index in [9.17, 15) is 18.0 Å². The number of nitrogens with zero attached hydrogens (tertiary/aromatic N) is 7. The van der Waals surface area contributed by atoms with Crippen molar-refractivity contribution in [1.29, 1.82) is 0 Å². The van der Waals surface area contributed by atoms with Crippen molar-refractivity contribution >= 4 is 23.5 Å². The van der Waals surface area contributed by atoms with Crippen molar-refractivity contribution in [3.63, 3.8) is 0 Å².